The Balaban J connectivity index is 1.74. The molecule has 0 N–H and O–H groups in total. The molecule has 0 saturated carbocycles. The van der Waals surface area contributed by atoms with Gasteiger partial charge in [0.2, 0.25) is 0 Å². The van der Waals surface area contributed by atoms with Crippen molar-refractivity contribution in [1.82, 2.24) is 0 Å². The molecule has 0 unspecified atom stereocenters. The first-order chi connectivity index (χ1) is 16.9. The molecule has 0 aliphatic heterocycles. The molecule has 0 fully saturated rings. The van der Waals surface area contributed by atoms with Crippen molar-refractivity contribution < 1.29 is 0 Å². The van der Waals surface area contributed by atoms with Crippen LogP contribution in [0.4, 0.5) is 0 Å². The third-order valence-electron chi connectivity index (χ3n) is 7.00. The summed E-state index contributed by atoms with van der Waals surface area (Å²) in [7, 11) is 0. The van der Waals surface area contributed by atoms with E-state index >= 15 is 0 Å². The topological polar surface area (TPSA) is 0 Å². The van der Waals surface area contributed by atoms with Crippen LogP contribution in [0.3, 0.4) is 0 Å². The Hall–Kier alpha value is -4.42. The number of rotatable bonds is 3. The van der Waals surface area contributed by atoms with Gasteiger partial charge in [-0.2, -0.15) is 0 Å². The van der Waals surface area contributed by atoms with Crippen LogP contribution in [0.1, 0.15) is 0 Å². The molecule has 0 saturated heterocycles. The van der Waals surface area contributed by atoms with E-state index in [2.05, 4.69) is 133 Å². The molecule has 7 aromatic carbocycles. The van der Waals surface area contributed by atoms with Crippen molar-refractivity contribution >= 4 is 32.3 Å². The van der Waals surface area contributed by atoms with Gasteiger partial charge in [0.25, 0.3) is 0 Å². The third kappa shape index (κ3) is 2.86. The molecule has 0 aromatic heterocycles. The highest BCUT2D eigenvalue weighted by atomic mass is 14.2. The predicted molar refractivity (Wildman–Crippen MR) is 146 cm³/mol. The van der Waals surface area contributed by atoms with E-state index in [0.29, 0.717) is 0 Å². The lowest BCUT2D eigenvalue weighted by Crippen LogP contribution is -1.93. The average Bonchev–Trinajstić information content (AvgIpc) is 2.92. The van der Waals surface area contributed by atoms with Crippen molar-refractivity contribution in [2.75, 3.05) is 0 Å². The highest BCUT2D eigenvalue weighted by molar-refractivity contribution is 6.30. The average molecular weight is 431 g/mol. The van der Waals surface area contributed by atoms with E-state index < -0.39 is 0 Å². The van der Waals surface area contributed by atoms with Gasteiger partial charge in [-0.3, -0.25) is 0 Å². The SMILES string of the molecule is c1ccc(-c2cc3ccc4cccc5c(-c6ccccc6)cc(c2-c2ccccc2)c3c45)cc1. The predicted octanol–water partition coefficient (Wildman–Crippen LogP) is 9.58. The zero-order valence-corrected chi connectivity index (χ0v) is 18.7. The van der Waals surface area contributed by atoms with Crippen LogP contribution in [-0.2, 0) is 0 Å². The second kappa shape index (κ2) is 7.57. The molecule has 34 heavy (non-hydrogen) atoms. The Labute approximate surface area is 199 Å². The zero-order chi connectivity index (χ0) is 22.5. The molecule has 158 valence electrons. The highest BCUT2D eigenvalue weighted by Crippen LogP contribution is 2.47. The van der Waals surface area contributed by atoms with Gasteiger partial charge in [-0.05, 0) is 77.8 Å². The molecule has 7 rings (SSSR count). The maximum atomic E-state index is 2.42. The largest absolute Gasteiger partial charge is 0.0622 e. The van der Waals surface area contributed by atoms with Gasteiger partial charge in [0.1, 0.15) is 0 Å². The Bertz CT molecular complexity index is 1760. The molecule has 0 aliphatic carbocycles. The van der Waals surface area contributed by atoms with Crippen LogP contribution < -0.4 is 0 Å². The standard InChI is InChI=1S/C34H22/c1-4-11-23(12-5-1)29-22-31-32(25-15-8-3-9-16-25)30(24-13-6-2-7-14-24)21-27-20-19-26-17-10-18-28(29)33(26)34(27)31/h1-22H. The smallest absolute Gasteiger partial charge is 0.00197 e. The fourth-order valence-electron chi connectivity index (χ4n) is 5.51. The lowest BCUT2D eigenvalue weighted by atomic mass is 9.82. The van der Waals surface area contributed by atoms with E-state index in [0.717, 1.165) is 0 Å². The van der Waals surface area contributed by atoms with Crippen LogP contribution in [0.25, 0.3) is 65.7 Å². The van der Waals surface area contributed by atoms with Crippen molar-refractivity contribution in [2.24, 2.45) is 0 Å². The van der Waals surface area contributed by atoms with Crippen molar-refractivity contribution in [3.8, 4) is 33.4 Å². The van der Waals surface area contributed by atoms with Crippen LogP contribution in [0.5, 0.6) is 0 Å². The lowest BCUT2D eigenvalue weighted by Gasteiger charge is -2.20. The molecule has 0 heterocycles. The lowest BCUT2D eigenvalue weighted by molar-refractivity contribution is 1.61. The maximum absolute atomic E-state index is 2.42. The molecule has 0 nitrogen and oxygen atoms in total. The Morgan fingerprint density at radius 2 is 0.882 bits per heavy atom. The maximum Gasteiger partial charge on any atom is -0.00197 e. The van der Waals surface area contributed by atoms with E-state index in [4.69, 9.17) is 0 Å². The van der Waals surface area contributed by atoms with Crippen LogP contribution in [0.15, 0.2) is 133 Å². The first kappa shape index (κ1) is 19.1. The van der Waals surface area contributed by atoms with Crippen LogP contribution >= 0.6 is 0 Å². The molecular weight excluding hydrogens is 408 g/mol. The summed E-state index contributed by atoms with van der Waals surface area (Å²) in [6.45, 7) is 0. The van der Waals surface area contributed by atoms with Gasteiger partial charge in [-0.25, -0.2) is 0 Å². The van der Waals surface area contributed by atoms with Crippen molar-refractivity contribution in [2.45, 2.75) is 0 Å². The van der Waals surface area contributed by atoms with E-state index in [1.54, 1.807) is 0 Å². The van der Waals surface area contributed by atoms with E-state index in [-0.39, 0.29) is 0 Å². The minimum absolute atomic E-state index is 1.24. The van der Waals surface area contributed by atoms with Crippen molar-refractivity contribution in [1.29, 1.82) is 0 Å². The molecule has 0 bridgehead atoms. The first-order valence-electron chi connectivity index (χ1n) is 11.8. The van der Waals surface area contributed by atoms with Crippen LogP contribution in [0.2, 0.25) is 0 Å². The zero-order valence-electron chi connectivity index (χ0n) is 18.7. The van der Waals surface area contributed by atoms with Gasteiger partial charge in [0.15, 0.2) is 0 Å². The summed E-state index contributed by atoms with van der Waals surface area (Å²) in [5, 5.41) is 7.91. The van der Waals surface area contributed by atoms with Gasteiger partial charge in [-0.1, -0.05) is 121 Å². The molecule has 0 amide bonds. The minimum Gasteiger partial charge on any atom is -0.0622 e. The molecule has 0 aliphatic rings. The summed E-state index contributed by atoms with van der Waals surface area (Å²) < 4.78 is 0. The monoisotopic (exact) mass is 430 g/mol. The fraction of sp³-hybridized carbons (Fsp3) is 0. The van der Waals surface area contributed by atoms with E-state index in [9.17, 15) is 0 Å². The summed E-state index contributed by atoms with van der Waals surface area (Å²) >= 11 is 0. The molecule has 0 atom stereocenters. The highest BCUT2D eigenvalue weighted by Gasteiger charge is 2.19. The normalized spacial score (nSPS) is 11.5. The van der Waals surface area contributed by atoms with Crippen LogP contribution in [-0.4, -0.2) is 0 Å². The van der Waals surface area contributed by atoms with Gasteiger partial charge >= 0.3 is 0 Å². The van der Waals surface area contributed by atoms with Gasteiger partial charge in [-0.15, -0.1) is 0 Å². The van der Waals surface area contributed by atoms with E-state index in [1.807, 2.05) is 0 Å². The van der Waals surface area contributed by atoms with Crippen LogP contribution in [0, 0.1) is 0 Å². The second-order valence-electron chi connectivity index (χ2n) is 8.94. The fourth-order valence-corrected chi connectivity index (χ4v) is 5.51. The minimum atomic E-state index is 1.24. The number of hydrogen-bond acceptors (Lipinski definition) is 0. The summed E-state index contributed by atoms with van der Waals surface area (Å²) in [5.41, 5.74) is 7.60. The summed E-state index contributed by atoms with van der Waals surface area (Å²) in [6, 6.07) is 48.5. The van der Waals surface area contributed by atoms with Gasteiger partial charge in [0, 0.05) is 0 Å². The Morgan fingerprint density at radius 3 is 1.56 bits per heavy atom. The molecular formula is C34H22. The molecule has 0 radical (unpaired) electrons. The van der Waals surface area contributed by atoms with Crippen molar-refractivity contribution in [3.05, 3.63) is 133 Å². The third-order valence-corrected chi connectivity index (χ3v) is 7.00. The quantitative estimate of drug-likeness (QED) is 0.245. The molecule has 0 spiro atoms. The van der Waals surface area contributed by atoms with Gasteiger partial charge in [0.05, 0.1) is 0 Å². The summed E-state index contributed by atoms with van der Waals surface area (Å²) in [4.78, 5) is 0. The number of hydrogen-bond donors (Lipinski definition) is 0. The Kier molecular flexibility index (Phi) is 4.25. The Morgan fingerprint density at radius 1 is 0.324 bits per heavy atom. The summed E-state index contributed by atoms with van der Waals surface area (Å²) in [6.07, 6.45) is 0. The second-order valence-corrected chi connectivity index (χ2v) is 8.94. The molecule has 0 heteroatoms. The van der Waals surface area contributed by atoms with E-state index in [1.165, 1.54) is 65.7 Å². The molecule has 7 aromatic rings. The number of benzene rings is 7. The van der Waals surface area contributed by atoms with Crippen molar-refractivity contribution in [3.63, 3.8) is 0 Å². The summed E-state index contributed by atoms with van der Waals surface area (Å²) in [5.74, 6) is 0. The first-order valence-corrected chi connectivity index (χ1v) is 11.8. The van der Waals surface area contributed by atoms with Gasteiger partial charge < -0.3 is 0 Å².